The molecule has 2 rings (SSSR count). The molecule has 0 aliphatic heterocycles. The van der Waals surface area contributed by atoms with Gasteiger partial charge in [-0.1, -0.05) is 18.2 Å². The molecule has 144 valence electrons. The topological polar surface area (TPSA) is 110 Å². The van der Waals surface area contributed by atoms with Crippen LogP contribution in [0.5, 0.6) is 5.75 Å². The Morgan fingerprint density at radius 3 is 2.41 bits per heavy atom. The molecule has 0 aliphatic rings. The van der Waals surface area contributed by atoms with Crippen LogP contribution in [0.4, 0.5) is 5.69 Å². The molecule has 7 nitrogen and oxygen atoms in total. The summed E-state index contributed by atoms with van der Waals surface area (Å²) in [4.78, 5) is 23.5. The number of carbonyl (C=O) groups is 2. The van der Waals surface area contributed by atoms with Crippen molar-refractivity contribution < 1.29 is 27.9 Å². The maximum absolute atomic E-state index is 12.4. The van der Waals surface area contributed by atoms with Gasteiger partial charge in [-0.2, -0.15) is 0 Å². The van der Waals surface area contributed by atoms with Gasteiger partial charge in [-0.25, -0.2) is 13.2 Å². The smallest absolute Gasteiger partial charge is 0.335 e. The van der Waals surface area contributed by atoms with Crippen LogP contribution in [-0.2, 0) is 21.1 Å². The first kappa shape index (κ1) is 20.4. The van der Waals surface area contributed by atoms with Crippen LogP contribution in [0.25, 0.3) is 0 Å². The second kappa shape index (κ2) is 8.22. The fourth-order valence-electron chi connectivity index (χ4n) is 2.41. The lowest BCUT2D eigenvalue weighted by Crippen LogP contribution is -2.17. The summed E-state index contributed by atoms with van der Waals surface area (Å²) >= 11 is 0. The molecule has 0 unspecified atom stereocenters. The Hall–Kier alpha value is -2.87. The average Bonchev–Trinajstić information content (AvgIpc) is 2.55. The average molecular weight is 391 g/mol. The van der Waals surface area contributed by atoms with Crippen molar-refractivity contribution in [1.29, 1.82) is 0 Å². The minimum Gasteiger partial charge on any atom is -0.491 e. The predicted molar refractivity (Wildman–Crippen MR) is 101 cm³/mol. The van der Waals surface area contributed by atoms with Crippen molar-refractivity contribution in [2.45, 2.75) is 31.3 Å². The predicted octanol–water partition coefficient (Wildman–Crippen LogP) is 2.76. The summed E-state index contributed by atoms with van der Waals surface area (Å²) in [5.41, 5.74) is 0.542. The number of anilines is 1. The van der Waals surface area contributed by atoms with Crippen molar-refractivity contribution in [3.05, 3.63) is 53.6 Å². The Kier molecular flexibility index (Phi) is 6.22. The molecule has 0 fully saturated rings. The van der Waals surface area contributed by atoms with Gasteiger partial charge < -0.3 is 15.2 Å². The molecule has 8 heteroatoms. The van der Waals surface area contributed by atoms with E-state index in [1.807, 2.05) is 13.8 Å². The van der Waals surface area contributed by atoms with Crippen molar-refractivity contribution in [3.8, 4) is 5.75 Å². The van der Waals surface area contributed by atoms with Crippen LogP contribution in [0.3, 0.4) is 0 Å². The number of ether oxygens (including phenoxy) is 1. The number of aromatic carboxylic acids is 1. The quantitative estimate of drug-likeness (QED) is 0.751. The number of carbonyl (C=O) groups excluding carboxylic acids is 1. The number of amides is 1. The Balaban J connectivity index is 2.26. The van der Waals surface area contributed by atoms with E-state index in [0.29, 0.717) is 11.3 Å². The van der Waals surface area contributed by atoms with Gasteiger partial charge in [0, 0.05) is 17.5 Å². The number of rotatable bonds is 7. The zero-order valence-electron chi connectivity index (χ0n) is 15.2. The van der Waals surface area contributed by atoms with E-state index < -0.39 is 21.7 Å². The molecule has 27 heavy (non-hydrogen) atoms. The number of hydrogen-bond donors (Lipinski definition) is 2. The molecular formula is C19H21NO6S. The lowest BCUT2D eigenvalue weighted by Gasteiger charge is -2.14. The van der Waals surface area contributed by atoms with Gasteiger partial charge in [0.1, 0.15) is 5.75 Å². The lowest BCUT2D eigenvalue weighted by molar-refractivity contribution is -0.115. The largest absolute Gasteiger partial charge is 0.491 e. The normalized spacial score (nSPS) is 11.3. The summed E-state index contributed by atoms with van der Waals surface area (Å²) in [6.45, 7) is 3.75. The number of benzene rings is 2. The van der Waals surface area contributed by atoms with Crippen LogP contribution in [0.1, 0.15) is 29.8 Å². The second-order valence-corrected chi connectivity index (χ2v) is 8.34. The van der Waals surface area contributed by atoms with Gasteiger partial charge in [-0.05, 0) is 38.1 Å². The molecule has 0 saturated carbocycles. The number of hydrogen-bond acceptors (Lipinski definition) is 5. The third-order valence-electron chi connectivity index (χ3n) is 3.55. The van der Waals surface area contributed by atoms with Crippen LogP contribution in [0.2, 0.25) is 0 Å². The Labute approximate surface area is 157 Å². The summed E-state index contributed by atoms with van der Waals surface area (Å²) in [6, 6.07) is 10.6. The Morgan fingerprint density at radius 2 is 1.81 bits per heavy atom. The highest BCUT2D eigenvalue weighted by Gasteiger charge is 2.16. The Morgan fingerprint density at radius 1 is 1.15 bits per heavy atom. The van der Waals surface area contributed by atoms with Gasteiger partial charge in [0.15, 0.2) is 9.84 Å². The zero-order valence-corrected chi connectivity index (χ0v) is 16.0. The first-order chi connectivity index (χ1) is 12.6. The van der Waals surface area contributed by atoms with E-state index >= 15 is 0 Å². The first-order valence-corrected chi connectivity index (χ1v) is 10.1. The van der Waals surface area contributed by atoms with Crippen LogP contribution in [-0.4, -0.2) is 37.8 Å². The van der Waals surface area contributed by atoms with E-state index in [0.717, 1.165) is 12.3 Å². The van der Waals surface area contributed by atoms with Gasteiger partial charge >= 0.3 is 5.97 Å². The summed E-state index contributed by atoms with van der Waals surface area (Å²) < 4.78 is 29.2. The molecule has 0 heterocycles. The van der Waals surface area contributed by atoms with Gasteiger partial charge in [0.2, 0.25) is 5.91 Å². The van der Waals surface area contributed by atoms with Crippen molar-refractivity contribution >= 4 is 27.4 Å². The molecule has 0 radical (unpaired) electrons. The summed E-state index contributed by atoms with van der Waals surface area (Å²) in [5.74, 6) is -1.12. The minimum absolute atomic E-state index is 0.00555. The number of carboxylic acid groups (broad SMARTS) is 1. The minimum atomic E-state index is -3.63. The van der Waals surface area contributed by atoms with Crippen molar-refractivity contribution in [3.63, 3.8) is 0 Å². The van der Waals surface area contributed by atoms with Crippen LogP contribution < -0.4 is 10.1 Å². The fraction of sp³-hybridized carbons (Fsp3) is 0.263. The summed E-state index contributed by atoms with van der Waals surface area (Å²) in [5, 5.41) is 11.7. The van der Waals surface area contributed by atoms with E-state index in [1.54, 1.807) is 24.3 Å². The highest BCUT2D eigenvalue weighted by atomic mass is 32.2. The van der Waals surface area contributed by atoms with E-state index in [9.17, 15) is 18.0 Å². The van der Waals surface area contributed by atoms with Crippen molar-refractivity contribution in [1.82, 2.24) is 0 Å². The number of carboxylic acids is 1. The molecule has 0 spiro atoms. The summed E-state index contributed by atoms with van der Waals surface area (Å²) in [6.07, 6.45) is 0.909. The van der Waals surface area contributed by atoms with E-state index in [-0.39, 0.29) is 28.7 Å². The molecule has 0 saturated heterocycles. The molecular weight excluding hydrogens is 370 g/mol. The van der Waals surface area contributed by atoms with Crippen LogP contribution >= 0.6 is 0 Å². The highest BCUT2D eigenvalue weighted by Crippen LogP contribution is 2.22. The highest BCUT2D eigenvalue weighted by molar-refractivity contribution is 7.90. The third kappa shape index (κ3) is 5.82. The molecule has 0 bridgehead atoms. The lowest BCUT2D eigenvalue weighted by atomic mass is 10.1. The monoisotopic (exact) mass is 391 g/mol. The van der Waals surface area contributed by atoms with Gasteiger partial charge in [-0.3, -0.25) is 4.79 Å². The molecule has 2 aromatic carbocycles. The molecule has 2 N–H and O–H groups in total. The van der Waals surface area contributed by atoms with E-state index in [2.05, 4.69) is 5.32 Å². The third-order valence-corrected chi connectivity index (χ3v) is 4.64. The van der Waals surface area contributed by atoms with Crippen LogP contribution in [0, 0.1) is 0 Å². The molecule has 0 aliphatic carbocycles. The van der Waals surface area contributed by atoms with Gasteiger partial charge in [0.25, 0.3) is 0 Å². The summed E-state index contributed by atoms with van der Waals surface area (Å²) in [7, 11) is -3.63. The van der Waals surface area contributed by atoms with Crippen LogP contribution in [0.15, 0.2) is 47.4 Å². The Bertz CT molecular complexity index is 966. The molecule has 0 aromatic heterocycles. The van der Waals surface area contributed by atoms with Gasteiger partial charge in [0.05, 0.1) is 23.0 Å². The number of sulfone groups is 1. The SMILES string of the molecule is CC(C)Oc1ccccc1CC(=O)Nc1cc(C(=O)O)cc(S(C)(=O)=O)c1. The molecule has 1 amide bonds. The van der Waals surface area contributed by atoms with Gasteiger partial charge in [-0.15, -0.1) is 0 Å². The first-order valence-electron chi connectivity index (χ1n) is 8.19. The fourth-order valence-corrected chi connectivity index (χ4v) is 3.09. The second-order valence-electron chi connectivity index (χ2n) is 6.32. The maximum atomic E-state index is 12.4. The molecule has 2 aromatic rings. The van der Waals surface area contributed by atoms with Crippen molar-refractivity contribution in [2.24, 2.45) is 0 Å². The van der Waals surface area contributed by atoms with E-state index in [1.165, 1.54) is 12.1 Å². The number of para-hydroxylation sites is 1. The molecule has 0 atom stereocenters. The number of nitrogens with one attached hydrogen (secondary N) is 1. The van der Waals surface area contributed by atoms with E-state index in [4.69, 9.17) is 9.84 Å². The van der Waals surface area contributed by atoms with Crippen molar-refractivity contribution in [2.75, 3.05) is 11.6 Å². The zero-order chi connectivity index (χ0) is 20.2. The maximum Gasteiger partial charge on any atom is 0.335 e. The standard InChI is InChI=1S/C19H21NO6S/c1-12(2)26-17-7-5-4-6-13(17)10-18(21)20-15-8-14(19(22)23)9-16(11-15)27(3,24)25/h4-9,11-12H,10H2,1-3H3,(H,20,21)(H,22,23).